The van der Waals surface area contributed by atoms with Crippen molar-refractivity contribution < 1.29 is 45.7 Å². The summed E-state index contributed by atoms with van der Waals surface area (Å²) in [6.07, 6.45) is -10.7. The number of nitrogens with zero attached hydrogens (tertiary/aromatic N) is 3. The molecule has 1 amide bonds. The zero-order chi connectivity index (χ0) is 37.2. The fraction of sp³-hybridized carbons (Fsp3) is 0.417. The highest BCUT2D eigenvalue weighted by atomic mass is 19.4. The van der Waals surface area contributed by atoms with E-state index in [1.807, 2.05) is 0 Å². The van der Waals surface area contributed by atoms with E-state index >= 15 is 0 Å². The van der Waals surface area contributed by atoms with Gasteiger partial charge in [0, 0.05) is 13.0 Å². The molecule has 0 aliphatic carbocycles. The molecular formula is C36H38F6N4O5. The first-order chi connectivity index (χ1) is 23.8. The average molecular weight is 721 g/mol. The Balaban J connectivity index is 1.59. The molecule has 2 N–H and O–H groups in total. The molecular weight excluding hydrogens is 682 g/mol. The van der Waals surface area contributed by atoms with Gasteiger partial charge in [0.2, 0.25) is 0 Å². The van der Waals surface area contributed by atoms with E-state index in [-0.39, 0.29) is 50.7 Å². The standard InChI is InChI=1S/C36H38F6N4O5/c1-24(26-16-28(35(37,38)39)18-29(17-26)36(40,41)42)51-22-34(27-12-8-5-9-13-27)15-14-33(20-32(2,3)49,46-23-43-44-30(46)47)21-45(34)31(48)50-19-25-10-6-4-7-11-25/h4-13,16-18,23-24,49H,14-15,19-22H2,1-3H3,(H,44,47)/t24-,33-,34-/m1/s1. The van der Waals surface area contributed by atoms with Crippen molar-refractivity contribution in [1.82, 2.24) is 19.7 Å². The molecule has 0 radical (unpaired) electrons. The molecule has 1 aromatic heterocycles. The van der Waals surface area contributed by atoms with Crippen LogP contribution >= 0.6 is 0 Å². The lowest BCUT2D eigenvalue weighted by Crippen LogP contribution is -2.64. The van der Waals surface area contributed by atoms with Gasteiger partial charge in [-0.05, 0) is 68.5 Å². The number of hydrogen-bond acceptors (Lipinski definition) is 6. The molecule has 1 aliphatic rings. The van der Waals surface area contributed by atoms with Gasteiger partial charge >= 0.3 is 24.1 Å². The highest BCUT2D eigenvalue weighted by molar-refractivity contribution is 5.70. The summed E-state index contributed by atoms with van der Waals surface area (Å²) in [6.45, 7) is 3.73. The average Bonchev–Trinajstić information content (AvgIpc) is 3.52. The van der Waals surface area contributed by atoms with Crippen LogP contribution < -0.4 is 5.69 Å². The Labute approximate surface area is 289 Å². The second-order valence-corrected chi connectivity index (χ2v) is 13.6. The smallest absolute Gasteiger partial charge is 0.416 e. The molecule has 1 fully saturated rings. The number of H-pyrrole nitrogens is 1. The summed E-state index contributed by atoms with van der Waals surface area (Å²) in [4.78, 5) is 28.7. The van der Waals surface area contributed by atoms with Crippen molar-refractivity contribution in [3.8, 4) is 0 Å². The van der Waals surface area contributed by atoms with Gasteiger partial charge in [0.15, 0.2) is 0 Å². The second-order valence-electron chi connectivity index (χ2n) is 13.6. The number of rotatable bonds is 10. The molecule has 1 saturated heterocycles. The molecule has 0 bridgehead atoms. The highest BCUT2D eigenvalue weighted by Gasteiger charge is 2.54. The van der Waals surface area contributed by atoms with Crippen molar-refractivity contribution in [2.24, 2.45) is 0 Å². The van der Waals surface area contributed by atoms with E-state index in [2.05, 4.69) is 10.2 Å². The van der Waals surface area contributed by atoms with Gasteiger partial charge in [-0.25, -0.2) is 14.7 Å². The van der Waals surface area contributed by atoms with E-state index in [4.69, 9.17) is 9.47 Å². The Hall–Kier alpha value is -4.63. The van der Waals surface area contributed by atoms with Crippen LogP contribution in [0.2, 0.25) is 0 Å². The first-order valence-electron chi connectivity index (χ1n) is 16.1. The molecule has 3 atom stereocenters. The van der Waals surface area contributed by atoms with Gasteiger partial charge in [-0.2, -0.15) is 31.4 Å². The second kappa shape index (κ2) is 14.2. The SMILES string of the molecule is C[C@@H](OC[C@@]1(c2ccccc2)CC[C@](CC(C)(C)O)(n2cn[nH]c2=O)CN1C(=O)OCc1ccccc1)c1cc(C(F)(F)F)cc(C(F)(F)F)c1. The van der Waals surface area contributed by atoms with Crippen LogP contribution in [0.15, 0.2) is 90.0 Å². The maximum absolute atomic E-state index is 14.3. The predicted molar refractivity (Wildman–Crippen MR) is 173 cm³/mol. The minimum atomic E-state index is -5.06. The lowest BCUT2D eigenvalue weighted by atomic mass is 9.71. The largest absolute Gasteiger partial charge is 0.445 e. The van der Waals surface area contributed by atoms with E-state index in [0.717, 1.165) is 0 Å². The Morgan fingerprint density at radius 2 is 1.53 bits per heavy atom. The Morgan fingerprint density at radius 3 is 2.06 bits per heavy atom. The van der Waals surface area contributed by atoms with Crippen LogP contribution in [0.25, 0.3) is 0 Å². The fourth-order valence-electron chi connectivity index (χ4n) is 6.81. The summed E-state index contributed by atoms with van der Waals surface area (Å²) >= 11 is 0. The number of benzene rings is 3. The number of amides is 1. The summed E-state index contributed by atoms with van der Waals surface area (Å²) in [7, 11) is 0. The van der Waals surface area contributed by atoms with Crippen LogP contribution in [0.4, 0.5) is 31.1 Å². The lowest BCUT2D eigenvalue weighted by molar-refractivity contribution is -0.143. The molecule has 0 unspecified atom stereocenters. The normalized spacial score (nSPS) is 20.6. The predicted octanol–water partition coefficient (Wildman–Crippen LogP) is 7.57. The number of aromatic amines is 1. The van der Waals surface area contributed by atoms with E-state index in [0.29, 0.717) is 23.3 Å². The number of nitrogens with one attached hydrogen (secondary N) is 1. The van der Waals surface area contributed by atoms with Crippen molar-refractivity contribution in [2.45, 2.75) is 81.8 Å². The maximum atomic E-state index is 14.3. The maximum Gasteiger partial charge on any atom is 0.416 e. The minimum absolute atomic E-state index is 0.00547. The molecule has 4 aromatic rings. The summed E-state index contributed by atoms with van der Waals surface area (Å²) < 4.78 is 95.6. The van der Waals surface area contributed by atoms with Crippen molar-refractivity contribution in [3.05, 3.63) is 123 Å². The van der Waals surface area contributed by atoms with E-state index in [9.17, 15) is 41.0 Å². The molecule has 0 spiro atoms. The quantitative estimate of drug-likeness (QED) is 0.164. The molecule has 1 aliphatic heterocycles. The summed E-state index contributed by atoms with van der Waals surface area (Å²) in [5, 5.41) is 17.3. The first-order valence-corrected chi connectivity index (χ1v) is 16.1. The van der Waals surface area contributed by atoms with Gasteiger partial charge in [0.1, 0.15) is 12.9 Å². The molecule has 5 rings (SSSR count). The van der Waals surface area contributed by atoms with Crippen LogP contribution in [-0.2, 0) is 39.5 Å². The molecule has 2 heterocycles. The van der Waals surface area contributed by atoms with Crippen molar-refractivity contribution in [1.29, 1.82) is 0 Å². The zero-order valence-corrected chi connectivity index (χ0v) is 28.1. The van der Waals surface area contributed by atoms with Crippen LogP contribution in [-0.4, -0.2) is 49.6 Å². The number of piperidine rings is 1. The van der Waals surface area contributed by atoms with E-state index < -0.39 is 58.0 Å². The summed E-state index contributed by atoms with van der Waals surface area (Å²) in [5.41, 5.74) is -6.64. The van der Waals surface area contributed by atoms with Gasteiger partial charge in [-0.1, -0.05) is 60.7 Å². The minimum Gasteiger partial charge on any atom is -0.445 e. The number of aromatic nitrogens is 3. The van der Waals surface area contributed by atoms with Gasteiger partial charge < -0.3 is 14.6 Å². The third-order valence-electron chi connectivity index (χ3n) is 9.19. The third kappa shape index (κ3) is 8.47. The summed E-state index contributed by atoms with van der Waals surface area (Å²) in [6, 6.07) is 18.8. The topological polar surface area (TPSA) is 110 Å². The van der Waals surface area contributed by atoms with Crippen LogP contribution in [0, 0.1) is 0 Å². The third-order valence-corrected chi connectivity index (χ3v) is 9.19. The van der Waals surface area contributed by atoms with E-state index in [1.165, 1.54) is 22.7 Å². The Morgan fingerprint density at radius 1 is 0.941 bits per heavy atom. The number of alkyl halides is 6. The van der Waals surface area contributed by atoms with Gasteiger partial charge in [0.05, 0.1) is 40.5 Å². The number of ether oxygens (including phenoxy) is 2. The molecule has 274 valence electrons. The van der Waals surface area contributed by atoms with Crippen molar-refractivity contribution >= 4 is 6.09 Å². The summed E-state index contributed by atoms with van der Waals surface area (Å²) in [5.74, 6) is 0. The van der Waals surface area contributed by atoms with Crippen molar-refractivity contribution in [2.75, 3.05) is 13.2 Å². The molecule has 3 aromatic carbocycles. The van der Waals surface area contributed by atoms with Crippen LogP contribution in [0.1, 0.15) is 74.0 Å². The zero-order valence-electron chi connectivity index (χ0n) is 28.1. The molecule has 0 saturated carbocycles. The van der Waals surface area contributed by atoms with E-state index in [1.54, 1.807) is 74.5 Å². The lowest BCUT2D eigenvalue weighted by Gasteiger charge is -2.54. The van der Waals surface area contributed by atoms with Crippen molar-refractivity contribution in [3.63, 3.8) is 0 Å². The monoisotopic (exact) mass is 720 g/mol. The highest BCUT2D eigenvalue weighted by Crippen LogP contribution is 2.47. The number of likely N-dealkylation sites (tertiary alicyclic amines) is 1. The molecule has 9 nitrogen and oxygen atoms in total. The van der Waals surface area contributed by atoms with Gasteiger partial charge in [-0.15, -0.1) is 0 Å². The van der Waals surface area contributed by atoms with Crippen LogP contribution in [0.5, 0.6) is 0 Å². The van der Waals surface area contributed by atoms with Gasteiger partial charge in [0.25, 0.3) is 0 Å². The number of carbonyl (C=O) groups is 1. The molecule has 51 heavy (non-hydrogen) atoms. The first kappa shape index (κ1) is 37.6. The number of carbonyl (C=O) groups excluding carboxylic acids is 1. The Bertz CT molecular complexity index is 1820. The van der Waals surface area contributed by atoms with Gasteiger partial charge in [-0.3, -0.25) is 9.47 Å². The number of aliphatic hydroxyl groups is 1. The Kier molecular flexibility index (Phi) is 10.5. The van der Waals surface area contributed by atoms with Crippen LogP contribution in [0.3, 0.4) is 0 Å². The molecule has 15 heteroatoms. The number of hydrogen-bond donors (Lipinski definition) is 2. The number of halogens is 6. The fourth-order valence-corrected chi connectivity index (χ4v) is 6.81.